The van der Waals surface area contributed by atoms with Gasteiger partial charge in [0, 0.05) is 5.41 Å². The number of carboxylic acids is 1. The Morgan fingerprint density at radius 1 is 1.06 bits per heavy atom. The average molecular weight is 463 g/mol. The van der Waals surface area contributed by atoms with Crippen molar-refractivity contribution in [1.29, 1.82) is 0 Å². The third kappa shape index (κ3) is 3.45. The molecule has 0 aromatic carbocycles. The van der Waals surface area contributed by atoms with Crippen molar-refractivity contribution in [2.24, 2.45) is 28.6 Å². The Hall–Kier alpha value is -1.58. The number of hydrogen-bond acceptors (Lipinski definition) is 7. The number of aliphatic carboxylic acids is 1. The first-order valence-corrected chi connectivity index (χ1v) is 12.1. The number of aliphatic hydroxyl groups excluding tert-OH is 3. The molecule has 11 atom stereocenters. The van der Waals surface area contributed by atoms with E-state index in [4.69, 9.17) is 9.47 Å². The summed E-state index contributed by atoms with van der Waals surface area (Å²) in [4.78, 5) is 23.4. The maximum Gasteiger partial charge on any atom is 0.335 e. The quantitative estimate of drug-likeness (QED) is 0.497. The number of ketones is 1. The highest BCUT2D eigenvalue weighted by atomic mass is 16.7. The van der Waals surface area contributed by atoms with Gasteiger partial charge in [0.1, 0.15) is 18.3 Å². The number of allylic oxidation sites excluding steroid dienone is 4. The molecule has 0 bridgehead atoms. The van der Waals surface area contributed by atoms with Crippen LogP contribution in [0.4, 0.5) is 0 Å². The summed E-state index contributed by atoms with van der Waals surface area (Å²) < 4.78 is 11.6. The Balaban J connectivity index is 1.34. The monoisotopic (exact) mass is 462 g/mol. The highest BCUT2D eigenvalue weighted by Crippen LogP contribution is 2.65. The maximum absolute atomic E-state index is 11.9. The van der Waals surface area contributed by atoms with Crippen LogP contribution in [0.25, 0.3) is 0 Å². The summed E-state index contributed by atoms with van der Waals surface area (Å²) in [5.41, 5.74) is 1.00. The maximum atomic E-state index is 11.9. The van der Waals surface area contributed by atoms with Gasteiger partial charge in [-0.25, -0.2) is 4.79 Å². The normalized spacial score (nSPS) is 51.4. The van der Waals surface area contributed by atoms with Gasteiger partial charge in [0.25, 0.3) is 0 Å². The van der Waals surface area contributed by atoms with Crippen LogP contribution in [0.15, 0.2) is 23.8 Å². The summed E-state index contributed by atoms with van der Waals surface area (Å²) in [6, 6.07) is 0. The predicted octanol–water partition coefficient (Wildman–Crippen LogP) is 1.57. The molecule has 0 aromatic heterocycles. The average Bonchev–Trinajstić information content (AvgIpc) is 3.10. The van der Waals surface area contributed by atoms with Gasteiger partial charge in [-0.1, -0.05) is 25.5 Å². The van der Waals surface area contributed by atoms with Crippen LogP contribution < -0.4 is 0 Å². The fraction of sp³-hybridized carbons (Fsp3) is 0.760. The molecule has 1 saturated heterocycles. The second-order valence-electron chi connectivity index (χ2n) is 11.1. The van der Waals surface area contributed by atoms with Gasteiger partial charge in [0.05, 0.1) is 6.10 Å². The number of ether oxygens (including phenoxy) is 2. The predicted molar refractivity (Wildman–Crippen MR) is 116 cm³/mol. The summed E-state index contributed by atoms with van der Waals surface area (Å²) in [6.45, 7) is 4.48. The minimum atomic E-state index is -1.72. The highest BCUT2D eigenvalue weighted by Gasteiger charge is 2.60. The first-order valence-electron chi connectivity index (χ1n) is 12.1. The van der Waals surface area contributed by atoms with Crippen LogP contribution in [-0.4, -0.2) is 69.0 Å². The molecule has 5 aliphatic rings. The van der Waals surface area contributed by atoms with Crippen molar-refractivity contribution >= 4 is 11.8 Å². The van der Waals surface area contributed by atoms with Crippen molar-refractivity contribution < 1.29 is 39.5 Å². The number of fused-ring (bicyclic) bond motifs is 5. The van der Waals surface area contributed by atoms with Crippen LogP contribution in [0.5, 0.6) is 0 Å². The van der Waals surface area contributed by atoms with Crippen LogP contribution in [0.1, 0.15) is 52.4 Å². The number of rotatable bonds is 3. The van der Waals surface area contributed by atoms with Crippen LogP contribution >= 0.6 is 0 Å². The van der Waals surface area contributed by atoms with Gasteiger partial charge in [-0.3, -0.25) is 4.79 Å². The zero-order chi connectivity index (χ0) is 23.7. The molecule has 3 saturated carbocycles. The molecule has 0 spiro atoms. The molecule has 0 unspecified atom stereocenters. The molecule has 8 heteroatoms. The molecule has 4 aliphatic carbocycles. The van der Waals surface area contributed by atoms with E-state index < -0.39 is 36.7 Å². The smallest absolute Gasteiger partial charge is 0.335 e. The Morgan fingerprint density at radius 2 is 1.82 bits per heavy atom. The first-order chi connectivity index (χ1) is 15.6. The Morgan fingerprint density at radius 3 is 2.55 bits per heavy atom. The molecule has 0 aromatic rings. The molecule has 33 heavy (non-hydrogen) atoms. The van der Waals surface area contributed by atoms with E-state index in [9.17, 15) is 30.0 Å². The minimum Gasteiger partial charge on any atom is -0.479 e. The second kappa shape index (κ2) is 7.99. The molecule has 182 valence electrons. The topological polar surface area (TPSA) is 134 Å². The van der Waals surface area contributed by atoms with Crippen LogP contribution in [0, 0.1) is 28.6 Å². The zero-order valence-corrected chi connectivity index (χ0v) is 19.1. The van der Waals surface area contributed by atoms with E-state index >= 15 is 0 Å². The SMILES string of the molecule is C[C@]12CC[C@H]3[C@@H](CCC4=CC(=O)C=C[C@@]43C)[C@@H]1CC[C@H]2O[C@@H]1O[C@H](C(=O)O)[C@@H](O)[C@H](O)[C@H]1O. The van der Waals surface area contributed by atoms with E-state index in [-0.39, 0.29) is 22.7 Å². The number of carbonyl (C=O) groups is 2. The van der Waals surface area contributed by atoms with E-state index in [0.29, 0.717) is 17.8 Å². The van der Waals surface area contributed by atoms with E-state index in [0.717, 1.165) is 38.5 Å². The molecular weight excluding hydrogens is 428 g/mol. The second-order valence-corrected chi connectivity index (χ2v) is 11.1. The summed E-state index contributed by atoms with van der Waals surface area (Å²) in [5.74, 6) is 0.0415. The number of carbonyl (C=O) groups excluding carboxylic acids is 1. The van der Waals surface area contributed by atoms with Crippen LogP contribution in [0.3, 0.4) is 0 Å². The van der Waals surface area contributed by atoms with E-state index in [1.54, 1.807) is 6.08 Å². The van der Waals surface area contributed by atoms with Gasteiger partial charge in [0.2, 0.25) is 0 Å². The summed E-state index contributed by atoms with van der Waals surface area (Å²) in [6.07, 6.45) is 3.13. The van der Waals surface area contributed by atoms with E-state index in [1.807, 2.05) is 6.08 Å². The lowest BCUT2D eigenvalue weighted by atomic mass is 9.48. The molecule has 4 N–H and O–H groups in total. The first kappa shape index (κ1) is 23.2. The van der Waals surface area contributed by atoms with Crippen LogP contribution in [-0.2, 0) is 19.1 Å². The van der Waals surface area contributed by atoms with Gasteiger partial charge in [-0.15, -0.1) is 0 Å². The van der Waals surface area contributed by atoms with E-state index in [2.05, 4.69) is 19.9 Å². The number of hydrogen-bond donors (Lipinski definition) is 4. The molecule has 4 fully saturated rings. The molecule has 8 nitrogen and oxygen atoms in total. The zero-order valence-electron chi connectivity index (χ0n) is 19.1. The Labute approximate surface area is 193 Å². The number of carboxylic acid groups (broad SMARTS) is 1. The van der Waals surface area contributed by atoms with Gasteiger partial charge in [0.15, 0.2) is 18.2 Å². The van der Waals surface area contributed by atoms with Crippen molar-refractivity contribution in [1.82, 2.24) is 0 Å². The Bertz CT molecular complexity index is 897. The van der Waals surface area contributed by atoms with Gasteiger partial charge >= 0.3 is 5.97 Å². The molecular formula is C25H34O8. The van der Waals surface area contributed by atoms with Gasteiger partial charge in [-0.2, -0.15) is 0 Å². The van der Waals surface area contributed by atoms with Crippen molar-refractivity contribution in [3.63, 3.8) is 0 Å². The van der Waals surface area contributed by atoms with Crippen molar-refractivity contribution in [3.05, 3.63) is 23.8 Å². The lowest BCUT2D eigenvalue weighted by Crippen LogP contribution is -2.61. The summed E-state index contributed by atoms with van der Waals surface area (Å²) in [7, 11) is 0. The third-order valence-corrected chi connectivity index (χ3v) is 9.58. The summed E-state index contributed by atoms with van der Waals surface area (Å²) >= 11 is 0. The minimum absolute atomic E-state index is 0.0777. The lowest BCUT2D eigenvalue weighted by Gasteiger charge is -2.57. The number of aliphatic hydroxyl groups is 3. The lowest BCUT2D eigenvalue weighted by molar-refractivity contribution is -0.312. The fourth-order valence-corrected chi connectivity index (χ4v) is 7.70. The molecule has 1 aliphatic heterocycles. The molecule has 0 radical (unpaired) electrons. The van der Waals surface area contributed by atoms with Crippen LogP contribution in [0.2, 0.25) is 0 Å². The largest absolute Gasteiger partial charge is 0.479 e. The third-order valence-electron chi connectivity index (χ3n) is 9.58. The van der Waals surface area contributed by atoms with Crippen molar-refractivity contribution in [3.8, 4) is 0 Å². The fourth-order valence-electron chi connectivity index (χ4n) is 7.70. The standard InChI is InChI=1S/C25H34O8/c1-24-9-7-13(26)11-12(24)3-4-14-15-5-6-17(25(15,2)10-8-16(14)24)32-23-20(29)18(27)19(28)21(33-23)22(30)31/h7,9,11,14-21,23,27-29H,3-6,8,10H2,1-2H3,(H,30,31)/t14-,15-,16-,17+,18-,19-,20+,21-,23+,24-,25-/m0/s1. The molecule has 1 heterocycles. The molecule has 0 amide bonds. The summed E-state index contributed by atoms with van der Waals surface area (Å²) in [5, 5.41) is 39.9. The molecule has 5 rings (SSSR count). The Kier molecular flexibility index (Phi) is 5.61. The van der Waals surface area contributed by atoms with E-state index in [1.165, 1.54) is 5.57 Å². The highest BCUT2D eigenvalue weighted by molar-refractivity contribution is 6.01. The van der Waals surface area contributed by atoms with Gasteiger partial charge in [-0.05, 0) is 73.8 Å². The van der Waals surface area contributed by atoms with Crippen molar-refractivity contribution in [2.45, 2.75) is 89.2 Å². The van der Waals surface area contributed by atoms with Gasteiger partial charge < -0.3 is 29.9 Å². The van der Waals surface area contributed by atoms with Crippen molar-refractivity contribution in [2.75, 3.05) is 0 Å².